The van der Waals surface area contributed by atoms with E-state index in [0.29, 0.717) is 19.3 Å². The van der Waals surface area contributed by atoms with Crippen LogP contribution >= 0.6 is 7.82 Å². The molecule has 11 heteroatoms. The van der Waals surface area contributed by atoms with E-state index in [9.17, 15) is 24.2 Å². The van der Waals surface area contributed by atoms with E-state index in [-0.39, 0.29) is 38.7 Å². The smallest absolute Gasteiger partial charge is 0.462 e. The zero-order valence-corrected chi connectivity index (χ0v) is 33.3. The first kappa shape index (κ1) is 49.7. The van der Waals surface area contributed by atoms with Gasteiger partial charge in [0.2, 0.25) is 0 Å². The summed E-state index contributed by atoms with van der Waals surface area (Å²) in [6.07, 6.45) is 38.7. The number of phosphoric acid groups is 1. The molecular formula is C41H72NO9P. The summed E-state index contributed by atoms with van der Waals surface area (Å²) in [6.45, 7) is 3.48. The third-order valence-corrected chi connectivity index (χ3v) is 8.96. The lowest BCUT2D eigenvalue weighted by molar-refractivity contribution is -0.161. The van der Waals surface area contributed by atoms with E-state index in [0.717, 1.165) is 77.0 Å². The number of unbranched alkanes of at least 4 members (excludes halogenated alkanes) is 12. The van der Waals surface area contributed by atoms with E-state index in [2.05, 4.69) is 38.2 Å². The highest BCUT2D eigenvalue weighted by Crippen LogP contribution is 2.43. The first-order valence-corrected chi connectivity index (χ1v) is 21.4. The summed E-state index contributed by atoms with van der Waals surface area (Å²) in [5, 5.41) is 9.88. The van der Waals surface area contributed by atoms with Crippen LogP contribution in [0.5, 0.6) is 0 Å². The Labute approximate surface area is 315 Å². The molecule has 300 valence electrons. The largest absolute Gasteiger partial charge is 0.472 e. The number of hydrogen-bond acceptors (Lipinski definition) is 9. The summed E-state index contributed by atoms with van der Waals surface area (Å²) >= 11 is 0. The Bertz CT molecular complexity index is 1060. The summed E-state index contributed by atoms with van der Waals surface area (Å²) in [6, 6.07) is 0. The summed E-state index contributed by atoms with van der Waals surface area (Å²) in [4.78, 5) is 34.7. The predicted octanol–water partition coefficient (Wildman–Crippen LogP) is 9.91. The second-order valence-electron chi connectivity index (χ2n) is 13.0. The molecule has 52 heavy (non-hydrogen) atoms. The zero-order chi connectivity index (χ0) is 38.4. The summed E-state index contributed by atoms with van der Waals surface area (Å²) in [7, 11) is -4.40. The van der Waals surface area contributed by atoms with Gasteiger partial charge in [-0.05, 0) is 64.2 Å². The maximum Gasteiger partial charge on any atom is 0.472 e. The van der Waals surface area contributed by atoms with Crippen LogP contribution < -0.4 is 5.73 Å². The van der Waals surface area contributed by atoms with Gasteiger partial charge in [0, 0.05) is 19.4 Å². The molecule has 0 aliphatic heterocycles. The van der Waals surface area contributed by atoms with Crippen LogP contribution in [0.25, 0.3) is 0 Å². The monoisotopic (exact) mass is 753 g/mol. The summed E-state index contributed by atoms with van der Waals surface area (Å²) in [5.74, 6) is -0.937. The molecule has 0 bridgehead atoms. The number of esters is 2. The average Bonchev–Trinajstić information content (AvgIpc) is 3.12. The third kappa shape index (κ3) is 36.0. The van der Waals surface area contributed by atoms with Gasteiger partial charge >= 0.3 is 19.8 Å². The van der Waals surface area contributed by atoms with Gasteiger partial charge in [0.25, 0.3) is 0 Å². The van der Waals surface area contributed by atoms with Crippen LogP contribution in [0.4, 0.5) is 0 Å². The minimum absolute atomic E-state index is 0.0336. The van der Waals surface area contributed by atoms with Gasteiger partial charge in [-0.2, -0.15) is 0 Å². The molecule has 0 rings (SSSR count). The van der Waals surface area contributed by atoms with Crippen molar-refractivity contribution >= 4 is 19.8 Å². The molecule has 0 radical (unpaired) electrons. The number of nitrogens with two attached hydrogens (primary N) is 1. The van der Waals surface area contributed by atoms with Crippen molar-refractivity contribution in [1.82, 2.24) is 0 Å². The Kier molecular flexibility index (Phi) is 35.3. The van der Waals surface area contributed by atoms with Crippen LogP contribution in [0.3, 0.4) is 0 Å². The molecule has 0 saturated carbocycles. The molecule has 0 heterocycles. The van der Waals surface area contributed by atoms with Gasteiger partial charge in [0.15, 0.2) is 6.10 Å². The fraction of sp³-hybridized carbons (Fsp3) is 0.707. The Morgan fingerprint density at radius 3 is 1.96 bits per heavy atom. The van der Waals surface area contributed by atoms with Crippen molar-refractivity contribution in [3.63, 3.8) is 0 Å². The predicted molar refractivity (Wildman–Crippen MR) is 212 cm³/mol. The van der Waals surface area contributed by atoms with Crippen molar-refractivity contribution in [1.29, 1.82) is 0 Å². The van der Waals surface area contributed by atoms with Crippen molar-refractivity contribution in [3.8, 4) is 0 Å². The van der Waals surface area contributed by atoms with Crippen molar-refractivity contribution in [2.45, 2.75) is 161 Å². The lowest BCUT2D eigenvalue weighted by atomic mass is 10.1. The van der Waals surface area contributed by atoms with Gasteiger partial charge in [0.05, 0.1) is 19.3 Å². The van der Waals surface area contributed by atoms with Crippen LogP contribution in [0.1, 0.15) is 149 Å². The van der Waals surface area contributed by atoms with E-state index in [1.54, 1.807) is 0 Å². The number of carbonyl (C=O) groups is 2. The Morgan fingerprint density at radius 1 is 0.673 bits per heavy atom. The highest BCUT2D eigenvalue weighted by molar-refractivity contribution is 7.47. The second kappa shape index (κ2) is 37.0. The molecule has 0 aliphatic carbocycles. The first-order chi connectivity index (χ1) is 25.2. The highest BCUT2D eigenvalue weighted by Gasteiger charge is 2.25. The third-order valence-electron chi connectivity index (χ3n) is 7.98. The van der Waals surface area contributed by atoms with E-state index < -0.39 is 32.5 Å². The molecule has 0 spiro atoms. The molecular weight excluding hydrogens is 681 g/mol. The number of aliphatic hydroxyl groups excluding tert-OH is 1. The Balaban J connectivity index is 4.38. The molecule has 0 fully saturated rings. The summed E-state index contributed by atoms with van der Waals surface area (Å²) in [5.41, 5.74) is 5.33. The van der Waals surface area contributed by atoms with Crippen LogP contribution in [-0.2, 0) is 32.7 Å². The normalized spacial score (nSPS) is 14.6. The van der Waals surface area contributed by atoms with E-state index >= 15 is 0 Å². The van der Waals surface area contributed by atoms with Gasteiger partial charge in [0.1, 0.15) is 6.61 Å². The van der Waals surface area contributed by atoms with Crippen LogP contribution in [0.2, 0.25) is 0 Å². The molecule has 0 aromatic rings. The van der Waals surface area contributed by atoms with E-state index in [1.165, 1.54) is 25.7 Å². The van der Waals surface area contributed by atoms with Crippen LogP contribution in [0, 0.1) is 0 Å². The van der Waals surface area contributed by atoms with Gasteiger partial charge < -0.3 is 25.2 Å². The SMILES string of the molecule is CCCCCC/C=C\CCCCCCCC(=O)OC[C@H](COP(=O)(O)OCCN)OC(=O)CCC/C=C\C/C=C\C/C=C\C=C\[C@@H](O)CCCCC. The van der Waals surface area contributed by atoms with Crippen molar-refractivity contribution < 1.29 is 42.7 Å². The number of allylic oxidation sites excluding steroid dienone is 9. The van der Waals surface area contributed by atoms with E-state index in [1.807, 2.05) is 36.5 Å². The number of phosphoric ester groups is 1. The van der Waals surface area contributed by atoms with Gasteiger partial charge in [-0.3, -0.25) is 18.6 Å². The molecule has 0 amide bonds. The van der Waals surface area contributed by atoms with Crippen molar-refractivity contribution in [2.75, 3.05) is 26.4 Å². The summed E-state index contributed by atoms with van der Waals surface area (Å²) < 4.78 is 32.6. The van der Waals surface area contributed by atoms with Gasteiger partial charge in [-0.15, -0.1) is 0 Å². The number of rotatable bonds is 36. The van der Waals surface area contributed by atoms with Crippen molar-refractivity contribution in [3.05, 3.63) is 60.8 Å². The average molecular weight is 754 g/mol. The molecule has 1 unspecified atom stereocenters. The molecule has 0 aromatic heterocycles. The fourth-order valence-electron chi connectivity index (χ4n) is 4.97. The molecule has 0 saturated heterocycles. The number of carbonyl (C=O) groups excluding carboxylic acids is 2. The standard InChI is InChI=1S/C41H72NO9P/c1-3-5-7-8-9-10-11-12-15-18-21-24-28-32-40(44)48-36-39(37-50-52(46,47)49-35-34-42)51-41(45)33-29-25-22-19-16-13-14-17-20-23-27-31-38(43)30-26-6-4-2/h10-11,13-14,19-20,22-23,27,31,38-39,43H,3-9,12,15-18,21,24-26,28-30,32-37,42H2,1-2H3,(H,46,47)/b11-10-,14-13-,22-19-,23-20-,31-27+/t38-,39+/m0/s1. The minimum Gasteiger partial charge on any atom is -0.462 e. The molecule has 0 aromatic carbocycles. The number of hydrogen-bond donors (Lipinski definition) is 3. The highest BCUT2D eigenvalue weighted by atomic mass is 31.2. The van der Waals surface area contributed by atoms with Gasteiger partial charge in [-0.25, -0.2) is 4.57 Å². The molecule has 4 N–H and O–H groups in total. The lowest BCUT2D eigenvalue weighted by Crippen LogP contribution is -2.29. The maximum atomic E-state index is 12.5. The second-order valence-corrected chi connectivity index (χ2v) is 14.4. The Morgan fingerprint density at radius 2 is 1.25 bits per heavy atom. The van der Waals surface area contributed by atoms with E-state index in [4.69, 9.17) is 24.3 Å². The van der Waals surface area contributed by atoms with Crippen LogP contribution in [-0.4, -0.2) is 60.5 Å². The van der Waals surface area contributed by atoms with Crippen LogP contribution in [0.15, 0.2) is 60.8 Å². The lowest BCUT2D eigenvalue weighted by Gasteiger charge is -2.19. The fourth-order valence-corrected chi connectivity index (χ4v) is 5.73. The van der Waals surface area contributed by atoms with Crippen molar-refractivity contribution in [2.24, 2.45) is 5.73 Å². The molecule has 0 aliphatic rings. The first-order valence-electron chi connectivity index (χ1n) is 19.9. The minimum atomic E-state index is -4.40. The molecule has 10 nitrogen and oxygen atoms in total. The quantitative estimate of drug-likeness (QED) is 0.0185. The zero-order valence-electron chi connectivity index (χ0n) is 32.4. The number of ether oxygens (including phenoxy) is 2. The molecule has 3 atom stereocenters. The van der Waals surface area contributed by atoms with Gasteiger partial charge in [-0.1, -0.05) is 132 Å². The number of aliphatic hydroxyl groups is 1. The topological polar surface area (TPSA) is 155 Å². The maximum absolute atomic E-state index is 12.5. The Hall–Kier alpha value is -2.33.